The smallest absolute Gasteiger partial charge is 0.257 e. The van der Waals surface area contributed by atoms with Gasteiger partial charge in [-0.15, -0.1) is 0 Å². The first-order valence-electron chi connectivity index (χ1n) is 8.80. The van der Waals surface area contributed by atoms with Crippen molar-refractivity contribution in [3.05, 3.63) is 47.8 Å². The van der Waals surface area contributed by atoms with Gasteiger partial charge in [0, 0.05) is 31.0 Å². The molecule has 1 aromatic heterocycles. The van der Waals surface area contributed by atoms with Gasteiger partial charge in [0.2, 0.25) is 0 Å². The van der Waals surface area contributed by atoms with E-state index in [0.717, 1.165) is 25.6 Å². The highest BCUT2D eigenvalue weighted by Crippen LogP contribution is 2.20. The maximum atomic E-state index is 12.1. The Hall–Kier alpha value is -2.18. The van der Waals surface area contributed by atoms with Crippen molar-refractivity contribution in [3.8, 4) is 0 Å². The fraction of sp³-hybridized carbons (Fsp3) is 0.474. The van der Waals surface area contributed by atoms with Crippen molar-refractivity contribution in [2.24, 2.45) is 13.0 Å². The Balaban J connectivity index is 1.54. The molecule has 0 aliphatic carbocycles. The predicted octanol–water partition coefficient (Wildman–Crippen LogP) is 2.32. The van der Waals surface area contributed by atoms with Crippen LogP contribution in [0.3, 0.4) is 0 Å². The van der Waals surface area contributed by atoms with Crippen molar-refractivity contribution < 1.29 is 9.90 Å². The van der Waals surface area contributed by atoms with Crippen molar-refractivity contribution in [1.29, 1.82) is 0 Å². The summed E-state index contributed by atoms with van der Waals surface area (Å²) >= 11 is 0. The van der Waals surface area contributed by atoms with E-state index in [-0.39, 0.29) is 0 Å². The lowest BCUT2D eigenvalue weighted by atomic mass is 9.99. The van der Waals surface area contributed by atoms with Gasteiger partial charge in [-0.1, -0.05) is 19.1 Å². The summed E-state index contributed by atoms with van der Waals surface area (Å²) in [5, 5.41) is 16.8. The normalized spacial score (nSPS) is 17.4. The van der Waals surface area contributed by atoms with Crippen LogP contribution in [0.1, 0.15) is 37.0 Å². The number of nitrogens with one attached hydrogen (secondary N) is 1. The third-order valence-electron chi connectivity index (χ3n) is 4.79. The topological polar surface area (TPSA) is 70.4 Å². The van der Waals surface area contributed by atoms with E-state index in [1.165, 1.54) is 24.6 Å². The van der Waals surface area contributed by atoms with E-state index in [1.54, 1.807) is 17.9 Å². The van der Waals surface area contributed by atoms with Crippen molar-refractivity contribution in [1.82, 2.24) is 14.7 Å². The minimum absolute atomic E-state index is 0.453. The molecule has 0 radical (unpaired) electrons. The Morgan fingerprint density at radius 3 is 2.60 bits per heavy atom. The molecule has 3 rings (SSSR count). The van der Waals surface area contributed by atoms with Crippen LogP contribution in [0.5, 0.6) is 0 Å². The molecule has 1 amide bonds. The summed E-state index contributed by atoms with van der Waals surface area (Å²) in [5.74, 6) is 0.380. The standard InChI is InChI=1S/C19H26N4O2/c1-14-7-9-23(10-8-14)12-15-3-5-17(6-4-15)21-19(25)18(24)16-11-20-22(2)13-16/h3-6,11,13-14,18,24H,7-10,12H2,1-2H3,(H,21,25)/t18-/m1/s1. The molecular weight excluding hydrogens is 316 g/mol. The van der Waals surface area contributed by atoms with E-state index < -0.39 is 12.0 Å². The van der Waals surface area contributed by atoms with Gasteiger partial charge in [0.25, 0.3) is 5.91 Å². The van der Waals surface area contributed by atoms with Crippen LogP contribution in [-0.4, -0.2) is 38.8 Å². The third-order valence-corrected chi connectivity index (χ3v) is 4.79. The predicted molar refractivity (Wildman–Crippen MR) is 96.9 cm³/mol. The summed E-state index contributed by atoms with van der Waals surface area (Å²) in [6, 6.07) is 7.83. The molecule has 134 valence electrons. The summed E-state index contributed by atoms with van der Waals surface area (Å²) in [4.78, 5) is 14.6. The number of aromatic nitrogens is 2. The molecule has 1 aliphatic heterocycles. The second-order valence-corrected chi connectivity index (χ2v) is 6.99. The second-order valence-electron chi connectivity index (χ2n) is 6.99. The summed E-state index contributed by atoms with van der Waals surface area (Å²) in [6.07, 6.45) is 4.43. The Morgan fingerprint density at radius 2 is 2.00 bits per heavy atom. The number of hydrogen-bond acceptors (Lipinski definition) is 4. The molecule has 25 heavy (non-hydrogen) atoms. The number of benzene rings is 1. The number of nitrogens with zero attached hydrogens (tertiary/aromatic N) is 3. The van der Waals surface area contributed by atoms with Gasteiger partial charge in [-0.2, -0.15) is 5.10 Å². The van der Waals surface area contributed by atoms with E-state index in [9.17, 15) is 9.90 Å². The van der Waals surface area contributed by atoms with Crippen LogP contribution in [0.4, 0.5) is 5.69 Å². The van der Waals surface area contributed by atoms with E-state index in [0.29, 0.717) is 11.3 Å². The lowest BCUT2D eigenvalue weighted by Crippen LogP contribution is -2.32. The monoisotopic (exact) mass is 342 g/mol. The zero-order valence-corrected chi connectivity index (χ0v) is 14.9. The van der Waals surface area contributed by atoms with Gasteiger partial charge >= 0.3 is 0 Å². The van der Waals surface area contributed by atoms with E-state index in [4.69, 9.17) is 0 Å². The molecule has 2 aromatic rings. The van der Waals surface area contributed by atoms with Crippen LogP contribution in [0, 0.1) is 5.92 Å². The van der Waals surface area contributed by atoms with Crippen molar-refractivity contribution in [2.45, 2.75) is 32.4 Å². The minimum atomic E-state index is -1.22. The van der Waals surface area contributed by atoms with Gasteiger partial charge < -0.3 is 10.4 Å². The Kier molecular flexibility index (Phi) is 5.50. The fourth-order valence-electron chi connectivity index (χ4n) is 3.12. The number of aliphatic hydroxyl groups is 1. The van der Waals surface area contributed by atoms with Crippen molar-refractivity contribution >= 4 is 11.6 Å². The highest BCUT2D eigenvalue weighted by molar-refractivity contribution is 5.94. The molecule has 6 heteroatoms. The number of carbonyl (C=O) groups is 1. The number of amides is 1. The van der Waals surface area contributed by atoms with Gasteiger partial charge in [0.1, 0.15) is 0 Å². The first kappa shape index (κ1) is 17.6. The van der Waals surface area contributed by atoms with Crippen LogP contribution >= 0.6 is 0 Å². The van der Waals surface area contributed by atoms with E-state index in [1.807, 2.05) is 24.3 Å². The van der Waals surface area contributed by atoms with Gasteiger partial charge in [0.15, 0.2) is 6.10 Å². The lowest BCUT2D eigenvalue weighted by molar-refractivity contribution is -0.124. The molecule has 1 atom stereocenters. The average Bonchev–Trinajstić information content (AvgIpc) is 3.04. The molecule has 1 aliphatic rings. The molecule has 1 fully saturated rings. The van der Waals surface area contributed by atoms with Gasteiger partial charge in [-0.25, -0.2) is 0 Å². The van der Waals surface area contributed by atoms with Gasteiger partial charge in [-0.05, 0) is 49.5 Å². The first-order chi connectivity index (χ1) is 12.0. The van der Waals surface area contributed by atoms with Crippen LogP contribution in [0.15, 0.2) is 36.7 Å². The van der Waals surface area contributed by atoms with Crippen LogP contribution < -0.4 is 5.32 Å². The average molecular weight is 342 g/mol. The summed E-state index contributed by atoms with van der Waals surface area (Å²) < 4.78 is 1.56. The van der Waals surface area contributed by atoms with Crippen LogP contribution in [0.2, 0.25) is 0 Å². The summed E-state index contributed by atoms with van der Waals surface area (Å²) in [7, 11) is 1.75. The molecule has 2 heterocycles. The number of aliphatic hydroxyl groups excluding tert-OH is 1. The number of carbonyl (C=O) groups excluding carboxylic acids is 1. The summed E-state index contributed by atoms with van der Waals surface area (Å²) in [5.41, 5.74) is 2.40. The Labute approximate surface area is 148 Å². The molecule has 1 saturated heterocycles. The SMILES string of the molecule is CC1CCN(Cc2ccc(NC(=O)[C@H](O)c3cnn(C)c3)cc2)CC1. The maximum absolute atomic E-state index is 12.1. The quantitative estimate of drug-likeness (QED) is 0.875. The van der Waals surface area contributed by atoms with E-state index in [2.05, 4.69) is 22.2 Å². The number of rotatable bonds is 5. The number of likely N-dealkylation sites (tertiary alicyclic amines) is 1. The summed E-state index contributed by atoms with van der Waals surface area (Å²) in [6.45, 7) is 5.56. The largest absolute Gasteiger partial charge is 0.378 e. The Morgan fingerprint density at radius 1 is 1.32 bits per heavy atom. The molecule has 6 nitrogen and oxygen atoms in total. The molecule has 2 N–H and O–H groups in total. The van der Waals surface area contributed by atoms with Gasteiger partial charge in [-0.3, -0.25) is 14.4 Å². The Bertz CT molecular complexity index is 702. The van der Waals surface area contributed by atoms with E-state index >= 15 is 0 Å². The van der Waals surface area contributed by atoms with Crippen LogP contribution in [0.25, 0.3) is 0 Å². The maximum Gasteiger partial charge on any atom is 0.257 e. The number of aryl methyl sites for hydroxylation is 1. The highest BCUT2D eigenvalue weighted by Gasteiger charge is 2.19. The molecular formula is C19H26N4O2. The third kappa shape index (κ3) is 4.67. The second kappa shape index (κ2) is 7.80. The highest BCUT2D eigenvalue weighted by atomic mass is 16.3. The minimum Gasteiger partial charge on any atom is -0.378 e. The molecule has 0 unspecified atom stereocenters. The number of anilines is 1. The molecule has 1 aromatic carbocycles. The van der Waals surface area contributed by atoms with Gasteiger partial charge in [0.05, 0.1) is 6.20 Å². The zero-order valence-electron chi connectivity index (χ0n) is 14.9. The fourth-order valence-corrected chi connectivity index (χ4v) is 3.12. The van der Waals surface area contributed by atoms with Crippen molar-refractivity contribution in [3.63, 3.8) is 0 Å². The number of hydrogen-bond donors (Lipinski definition) is 2. The molecule has 0 saturated carbocycles. The molecule has 0 spiro atoms. The number of piperidine rings is 1. The zero-order chi connectivity index (χ0) is 17.8. The van der Waals surface area contributed by atoms with Crippen LogP contribution in [-0.2, 0) is 18.4 Å². The van der Waals surface area contributed by atoms with Crippen molar-refractivity contribution in [2.75, 3.05) is 18.4 Å². The first-order valence-corrected chi connectivity index (χ1v) is 8.80. The molecule has 0 bridgehead atoms. The lowest BCUT2D eigenvalue weighted by Gasteiger charge is -2.30.